The Labute approximate surface area is 168 Å². The first kappa shape index (κ1) is 19.3. The van der Waals surface area contributed by atoms with E-state index in [0.29, 0.717) is 53.5 Å². The maximum absolute atomic E-state index is 12.8. The van der Waals surface area contributed by atoms with Gasteiger partial charge in [-0.1, -0.05) is 0 Å². The number of nitrogens with zero attached hydrogens (tertiary/aromatic N) is 1. The van der Waals surface area contributed by atoms with Gasteiger partial charge in [-0.3, -0.25) is 4.90 Å². The van der Waals surface area contributed by atoms with E-state index in [1.165, 1.54) is 0 Å². The molecule has 7 heteroatoms. The molecule has 0 aliphatic carbocycles. The summed E-state index contributed by atoms with van der Waals surface area (Å²) in [6, 6.07) is 10.4. The first-order valence-electron chi connectivity index (χ1n) is 9.42. The molecule has 1 aliphatic rings. The molecule has 1 N–H and O–H groups in total. The summed E-state index contributed by atoms with van der Waals surface area (Å²) >= 11 is 0. The second kappa shape index (κ2) is 8.14. The Balaban J connectivity index is 1.80. The molecule has 2 aromatic carbocycles. The molecule has 0 bridgehead atoms. The van der Waals surface area contributed by atoms with Gasteiger partial charge < -0.3 is 23.7 Å². The van der Waals surface area contributed by atoms with Gasteiger partial charge in [-0.05, 0) is 30.3 Å². The minimum atomic E-state index is -0.491. The zero-order valence-corrected chi connectivity index (χ0v) is 16.4. The zero-order valence-electron chi connectivity index (χ0n) is 16.4. The van der Waals surface area contributed by atoms with Crippen LogP contribution < -0.4 is 15.1 Å². The topological polar surface area (TPSA) is 81.4 Å². The molecular formula is C22H23NO6. The number of phenols is 1. The van der Waals surface area contributed by atoms with Gasteiger partial charge in [-0.25, -0.2) is 4.79 Å². The van der Waals surface area contributed by atoms with E-state index in [0.717, 1.165) is 18.5 Å². The first-order chi connectivity index (χ1) is 14.1. The fourth-order valence-corrected chi connectivity index (χ4v) is 3.58. The summed E-state index contributed by atoms with van der Waals surface area (Å²) < 4.78 is 21.7. The highest BCUT2D eigenvalue weighted by atomic mass is 16.5. The van der Waals surface area contributed by atoms with E-state index in [4.69, 9.17) is 18.6 Å². The SMILES string of the molecule is COc1ccc(-c2cc3ccc(O)c(CN4CCOCC4)c3oc2=O)c(OC)c1. The van der Waals surface area contributed by atoms with Crippen LogP contribution in [0.2, 0.25) is 0 Å². The largest absolute Gasteiger partial charge is 0.507 e. The Bertz CT molecular complexity index is 1080. The van der Waals surface area contributed by atoms with Crippen LogP contribution in [0.3, 0.4) is 0 Å². The van der Waals surface area contributed by atoms with Crippen molar-refractivity contribution < 1.29 is 23.7 Å². The number of phenolic OH excluding ortho intramolecular Hbond substituents is 1. The molecule has 7 nitrogen and oxygen atoms in total. The van der Waals surface area contributed by atoms with Crippen molar-refractivity contribution in [2.45, 2.75) is 6.54 Å². The van der Waals surface area contributed by atoms with Crippen molar-refractivity contribution in [1.29, 1.82) is 0 Å². The number of aromatic hydroxyl groups is 1. The third kappa shape index (κ3) is 3.79. The Kier molecular flexibility index (Phi) is 5.42. The molecule has 1 saturated heterocycles. The summed E-state index contributed by atoms with van der Waals surface area (Å²) in [5, 5.41) is 11.1. The quantitative estimate of drug-likeness (QED) is 0.663. The minimum Gasteiger partial charge on any atom is -0.507 e. The molecule has 2 heterocycles. The highest BCUT2D eigenvalue weighted by Gasteiger charge is 2.19. The van der Waals surface area contributed by atoms with Crippen LogP contribution in [0.15, 0.2) is 45.6 Å². The first-order valence-corrected chi connectivity index (χ1v) is 9.42. The number of rotatable bonds is 5. The van der Waals surface area contributed by atoms with Gasteiger partial charge in [0.15, 0.2) is 0 Å². The lowest BCUT2D eigenvalue weighted by Gasteiger charge is -2.27. The van der Waals surface area contributed by atoms with E-state index in [-0.39, 0.29) is 5.75 Å². The van der Waals surface area contributed by atoms with Gasteiger partial charge in [0.2, 0.25) is 0 Å². The van der Waals surface area contributed by atoms with E-state index in [1.807, 2.05) is 0 Å². The van der Waals surface area contributed by atoms with Gasteiger partial charge >= 0.3 is 5.63 Å². The van der Waals surface area contributed by atoms with Crippen molar-refractivity contribution in [3.8, 4) is 28.4 Å². The molecule has 1 aromatic heterocycles. The van der Waals surface area contributed by atoms with Gasteiger partial charge in [0.25, 0.3) is 0 Å². The summed E-state index contributed by atoms with van der Waals surface area (Å²) in [7, 11) is 3.11. The van der Waals surface area contributed by atoms with Crippen LogP contribution in [0.4, 0.5) is 0 Å². The number of hydrogen-bond donors (Lipinski definition) is 1. The molecule has 0 atom stereocenters. The highest BCUT2D eigenvalue weighted by Crippen LogP contribution is 2.35. The van der Waals surface area contributed by atoms with E-state index < -0.39 is 5.63 Å². The van der Waals surface area contributed by atoms with Crippen LogP contribution in [0.1, 0.15) is 5.56 Å². The molecule has 4 rings (SSSR count). The molecule has 29 heavy (non-hydrogen) atoms. The maximum Gasteiger partial charge on any atom is 0.344 e. The van der Waals surface area contributed by atoms with Crippen LogP contribution in [0.25, 0.3) is 22.1 Å². The van der Waals surface area contributed by atoms with Gasteiger partial charge in [-0.2, -0.15) is 0 Å². The number of ether oxygens (including phenoxy) is 3. The van der Waals surface area contributed by atoms with Crippen molar-refractivity contribution >= 4 is 11.0 Å². The predicted octanol–water partition coefficient (Wildman–Crippen LogP) is 3.02. The van der Waals surface area contributed by atoms with Crippen LogP contribution in [-0.2, 0) is 11.3 Å². The van der Waals surface area contributed by atoms with E-state index >= 15 is 0 Å². The van der Waals surface area contributed by atoms with Crippen LogP contribution in [0, 0.1) is 0 Å². The Hall–Kier alpha value is -3.03. The lowest BCUT2D eigenvalue weighted by Crippen LogP contribution is -2.35. The summed E-state index contributed by atoms with van der Waals surface area (Å²) in [5.74, 6) is 1.26. The second-order valence-electron chi connectivity index (χ2n) is 6.88. The molecule has 0 saturated carbocycles. The summed E-state index contributed by atoms with van der Waals surface area (Å²) in [6.07, 6.45) is 0. The summed E-state index contributed by atoms with van der Waals surface area (Å²) in [6.45, 7) is 3.32. The number of benzene rings is 2. The van der Waals surface area contributed by atoms with Crippen molar-refractivity contribution in [3.05, 3.63) is 52.4 Å². The molecule has 3 aromatic rings. The third-order valence-corrected chi connectivity index (χ3v) is 5.17. The number of morpholine rings is 1. The molecule has 0 radical (unpaired) electrons. The fraction of sp³-hybridized carbons (Fsp3) is 0.318. The van der Waals surface area contributed by atoms with Crippen molar-refractivity contribution in [3.63, 3.8) is 0 Å². The fourth-order valence-electron chi connectivity index (χ4n) is 3.58. The maximum atomic E-state index is 12.8. The average molecular weight is 397 g/mol. The number of hydrogen-bond acceptors (Lipinski definition) is 7. The van der Waals surface area contributed by atoms with Gasteiger partial charge in [0.1, 0.15) is 22.8 Å². The summed E-state index contributed by atoms with van der Waals surface area (Å²) in [5.41, 5.74) is 1.52. The highest BCUT2D eigenvalue weighted by molar-refractivity contribution is 5.86. The van der Waals surface area contributed by atoms with Gasteiger partial charge in [0.05, 0.1) is 38.6 Å². The standard InChI is InChI=1S/C22H23NO6/c1-26-15-4-5-16(20(12-15)27-2)17-11-14-3-6-19(24)18(21(14)29-22(17)25)13-23-7-9-28-10-8-23/h3-6,11-12,24H,7-10,13H2,1-2H3. The second-order valence-corrected chi connectivity index (χ2v) is 6.88. The monoisotopic (exact) mass is 397 g/mol. The number of fused-ring (bicyclic) bond motifs is 1. The molecule has 0 amide bonds. The Morgan fingerprint density at radius 2 is 1.83 bits per heavy atom. The van der Waals surface area contributed by atoms with Crippen molar-refractivity contribution in [2.75, 3.05) is 40.5 Å². The molecular weight excluding hydrogens is 374 g/mol. The molecule has 0 spiro atoms. The number of methoxy groups -OCH3 is 2. The summed E-state index contributed by atoms with van der Waals surface area (Å²) in [4.78, 5) is 15.0. The van der Waals surface area contributed by atoms with Crippen LogP contribution in [0.5, 0.6) is 17.2 Å². The van der Waals surface area contributed by atoms with Crippen molar-refractivity contribution in [1.82, 2.24) is 4.90 Å². The van der Waals surface area contributed by atoms with E-state index in [1.54, 1.807) is 50.6 Å². The third-order valence-electron chi connectivity index (χ3n) is 5.17. The van der Waals surface area contributed by atoms with Crippen LogP contribution >= 0.6 is 0 Å². The Morgan fingerprint density at radius 3 is 2.55 bits per heavy atom. The van der Waals surface area contributed by atoms with Crippen molar-refractivity contribution in [2.24, 2.45) is 0 Å². The Morgan fingerprint density at radius 1 is 1.03 bits per heavy atom. The zero-order chi connectivity index (χ0) is 20.4. The average Bonchev–Trinajstić information content (AvgIpc) is 2.76. The molecule has 0 unspecified atom stereocenters. The smallest absolute Gasteiger partial charge is 0.344 e. The lowest BCUT2D eigenvalue weighted by molar-refractivity contribution is 0.0339. The van der Waals surface area contributed by atoms with Gasteiger partial charge in [0, 0.05) is 36.7 Å². The molecule has 152 valence electrons. The van der Waals surface area contributed by atoms with E-state index in [2.05, 4.69) is 4.90 Å². The van der Waals surface area contributed by atoms with E-state index in [9.17, 15) is 9.90 Å². The lowest BCUT2D eigenvalue weighted by atomic mass is 10.0. The molecule has 1 fully saturated rings. The predicted molar refractivity (Wildman–Crippen MR) is 109 cm³/mol. The minimum absolute atomic E-state index is 0.113. The normalized spacial score (nSPS) is 14.8. The van der Waals surface area contributed by atoms with Gasteiger partial charge in [-0.15, -0.1) is 0 Å². The molecule has 1 aliphatic heterocycles. The van der Waals surface area contributed by atoms with Crippen LogP contribution in [-0.4, -0.2) is 50.5 Å².